The second-order valence-corrected chi connectivity index (χ2v) is 6.32. The minimum Gasteiger partial charge on any atom is -0.379 e. The first-order valence-corrected chi connectivity index (χ1v) is 8.55. The lowest BCUT2D eigenvalue weighted by molar-refractivity contribution is -0.131. The van der Waals surface area contributed by atoms with Crippen molar-refractivity contribution in [3.8, 4) is 0 Å². The molecule has 0 saturated carbocycles. The summed E-state index contributed by atoms with van der Waals surface area (Å²) >= 11 is 0. The molecule has 1 amide bonds. The molecule has 5 nitrogen and oxygen atoms in total. The average molecular weight is 343 g/mol. The number of carbonyl (C=O) groups excluding carboxylic acids is 1. The Balaban J connectivity index is 1.55. The SMILES string of the molecule is O=C(CCc1cccc(F)c1)N1CCOC[C@H](Cc2ccncn2)C1. The standard InChI is InChI=1S/C19H22FN3O2/c20-17-3-1-2-15(10-17)4-5-19(24)23-8-9-25-13-16(12-23)11-18-6-7-21-14-22-18/h1-3,6-7,10,14,16H,4-5,8-9,11-13H2/t16-/m1/s1. The third kappa shape index (κ3) is 5.32. The van der Waals surface area contributed by atoms with Gasteiger partial charge in [0.15, 0.2) is 0 Å². The van der Waals surface area contributed by atoms with Gasteiger partial charge in [0.2, 0.25) is 5.91 Å². The van der Waals surface area contributed by atoms with Crippen molar-refractivity contribution >= 4 is 5.91 Å². The third-order valence-electron chi connectivity index (χ3n) is 4.35. The molecule has 1 aliphatic rings. The normalized spacial score (nSPS) is 18.0. The second kappa shape index (κ2) is 8.67. The van der Waals surface area contributed by atoms with E-state index in [-0.39, 0.29) is 17.6 Å². The summed E-state index contributed by atoms with van der Waals surface area (Å²) in [6.07, 6.45) is 4.95. The highest BCUT2D eigenvalue weighted by Gasteiger charge is 2.22. The van der Waals surface area contributed by atoms with E-state index in [0.717, 1.165) is 17.7 Å². The highest BCUT2D eigenvalue weighted by Crippen LogP contribution is 2.14. The van der Waals surface area contributed by atoms with Gasteiger partial charge in [-0.15, -0.1) is 0 Å². The number of aryl methyl sites for hydroxylation is 1. The molecule has 1 aromatic carbocycles. The molecule has 1 aliphatic heterocycles. The number of rotatable bonds is 5. The van der Waals surface area contributed by atoms with Crippen LogP contribution >= 0.6 is 0 Å². The lowest BCUT2D eigenvalue weighted by Gasteiger charge is -2.23. The zero-order chi connectivity index (χ0) is 17.5. The van der Waals surface area contributed by atoms with Crippen LogP contribution in [0.4, 0.5) is 4.39 Å². The molecule has 0 bridgehead atoms. The average Bonchev–Trinajstić information content (AvgIpc) is 2.86. The number of ether oxygens (including phenoxy) is 1. The lowest BCUT2D eigenvalue weighted by Crippen LogP contribution is -2.36. The largest absolute Gasteiger partial charge is 0.379 e. The van der Waals surface area contributed by atoms with Crippen molar-refractivity contribution in [3.05, 3.63) is 59.9 Å². The van der Waals surface area contributed by atoms with Crippen molar-refractivity contribution < 1.29 is 13.9 Å². The van der Waals surface area contributed by atoms with Crippen molar-refractivity contribution in [2.24, 2.45) is 5.92 Å². The van der Waals surface area contributed by atoms with Gasteiger partial charge in [-0.3, -0.25) is 4.79 Å². The highest BCUT2D eigenvalue weighted by atomic mass is 19.1. The molecule has 1 atom stereocenters. The fourth-order valence-electron chi connectivity index (χ4n) is 3.07. The summed E-state index contributed by atoms with van der Waals surface area (Å²) in [6, 6.07) is 8.30. The molecule has 2 heterocycles. The second-order valence-electron chi connectivity index (χ2n) is 6.32. The molecule has 6 heteroatoms. The van der Waals surface area contributed by atoms with Crippen LogP contribution in [0.1, 0.15) is 17.7 Å². The van der Waals surface area contributed by atoms with Gasteiger partial charge in [0, 0.05) is 37.3 Å². The molecule has 1 saturated heterocycles. The predicted octanol–water partition coefficient (Wildman–Crippen LogP) is 2.27. The first-order valence-electron chi connectivity index (χ1n) is 8.55. The van der Waals surface area contributed by atoms with Crippen LogP contribution in [-0.4, -0.2) is 47.1 Å². The Bertz CT molecular complexity index is 696. The quantitative estimate of drug-likeness (QED) is 0.836. The molecule has 3 rings (SSSR count). The van der Waals surface area contributed by atoms with E-state index in [9.17, 15) is 9.18 Å². The Hall–Kier alpha value is -2.34. The van der Waals surface area contributed by atoms with Crippen LogP contribution < -0.4 is 0 Å². The molecule has 25 heavy (non-hydrogen) atoms. The summed E-state index contributed by atoms with van der Waals surface area (Å²) in [4.78, 5) is 22.6. The van der Waals surface area contributed by atoms with E-state index in [1.165, 1.54) is 18.5 Å². The molecule has 1 aromatic heterocycles. The number of nitrogens with zero attached hydrogens (tertiary/aromatic N) is 3. The van der Waals surface area contributed by atoms with Gasteiger partial charge in [0.05, 0.1) is 13.2 Å². The van der Waals surface area contributed by atoms with Crippen molar-refractivity contribution in [3.63, 3.8) is 0 Å². The van der Waals surface area contributed by atoms with Gasteiger partial charge >= 0.3 is 0 Å². The van der Waals surface area contributed by atoms with Gasteiger partial charge in [-0.1, -0.05) is 12.1 Å². The van der Waals surface area contributed by atoms with E-state index in [1.807, 2.05) is 17.0 Å². The zero-order valence-corrected chi connectivity index (χ0v) is 14.1. The number of amides is 1. The molecule has 0 radical (unpaired) electrons. The maximum Gasteiger partial charge on any atom is 0.222 e. The Morgan fingerprint density at radius 1 is 1.36 bits per heavy atom. The molecule has 0 N–H and O–H groups in total. The van der Waals surface area contributed by atoms with E-state index in [4.69, 9.17) is 4.74 Å². The van der Waals surface area contributed by atoms with Crippen molar-refractivity contribution in [1.82, 2.24) is 14.9 Å². The molecule has 0 unspecified atom stereocenters. The number of carbonyl (C=O) groups is 1. The topological polar surface area (TPSA) is 55.3 Å². The molecule has 0 spiro atoms. The van der Waals surface area contributed by atoms with Gasteiger partial charge in [-0.2, -0.15) is 0 Å². The first-order chi connectivity index (χ1) is 12.2. The summed E-state index contributed by atoms with van der Waals surface area (Å²) in [5.74, 6) is 0.0380. The summed E-state index contributed by atoms with van der Waals surface area (Å²) in [7, 11) is 0. The Morgan fingerprint density at radius 2 is 2.28 bits per heavy atom. The van der Waals surface area contributed by atoms with Crippen LogP contribution in [0, 0.1) is 11.7 Å². The number of benzene rings is 1. The van der Waals surface area contributed by atoms with Crippen molar-refractivity contribution in [2.75, 3.05) is 26.3 Å². The summed E-state index contributed by atoms with van der Waals surface area (Å²) < 4.78 is 18.9. The van der Waals surface area contributed by atoms with E-state index < -0.39 is 0 Å². The van der Waals surface area contributed by atoms with Gasteiger partial charge < -0.3 is 9.64 Å². The molecular formula is C19H22FN3O2. The minimum absolute atomic E-state index is 0.0856. The summed E-state index contributed by atoms with van der Waals surface area (Å²) in [5, 5.41) is 0. The van der Waals surface area contributed by atoms with Crippen LogP contribution in [-0.2, 0) is 22.4 Å². The first kappa shape index (κ1) is 17.5. The Kier molecular flexibility index (Phi) is 6.06. The monoisotopic (exact) mass is 343 g/mol. The maximum absolute atomic E-state index is 13.2. The van der Waals surface area contributed by atoms with E-state index >= 15 is 0 Å². The Morgan fingerprint density at radius 3 is 3.08 bits per heavy atom. The summed E-state index contributed by atoms with van der Waals surface area (Å²) in [6.45, 7) is 2.43. The van der Waals surface area contributed by atoms with E-state index in [0.29, 0.717) is 39.1 Å². The molecular weight excluding hydrogens is 321 g/mol. The van der Waals surface area contributed by atoms with Gasteiger partial charge in [0.1, 0.15) is 12.1 Å². The molecule has 1 fully saturated rings. The number of aromatic nitrogens is 2. The van der Waals surface area contributed by atoms with Crippen LogP contribution in [0.2, 0.25) is 0 Å². The third-order valence-corrected chi connectivity index (χ3v) is 4.35. The van der Waals surface area contributed by atoms with Crippen LogP contribution in [0.15, 0.2) is 42.9 Å². The van der Waals surface area contributed by atoms with Gasteiger partial charge in [-0.25, -0.2) is 14.4 Å². The van der Waals surface area contributed by atoms with E-state index in [2.05, 4.69) is 9.97 Å². The van der Waals surface area contributed by atoms with Gasteiger partial charge in [-0.05, 0) is 36.6 Å². The van der Waals surface area contributed by atoms with Crippen molar-refractivity contribution in [2.45, 2.75) is 19.3 Å². The number of hydrogen-bond acceptors (Lipinski definition) is 4. The smallest absolute Gasteiger partial charge is 0.222 e. The Labute approximate surface area is 146 Å². The van der Waals surface area contributed by atoms with E-state index in [1.54, 1.807) is 12.3 Å². The molecule has 2 aromatic rings. The fraction of sp³-hybridized carbons (Fsp3) is 0.421. The number of hydrogen-bond donors (Lipinski definition) is 0. The van der Waals surface area contributed by atoms with Crippen LogP contribution in [0.25, 0.3) is 0 Å². The van der Waals surface area contributed by atoms with Crippen LogP contribution in [0.3, 0.4) is 0 Å². The van der Waals surface area contributed by atoms with Crippen LogP contribution in [0.5, 0.6) is 0 Å². The zero-order valence-electron chi connectivity index (χ0n) is 14.1. The predicted molar refractivity (Wildman–Crippen MR) is 91.3 cm³/mol. The molecule has 132 valence electrons. The highest BCUT2D eigenvalue weighted by molar-refractivity contribution is 5.76. The maximum atomic E-state index is 13.2. The minimum atomic E-state index is -0.266. The lowest BCUT2D eigenvalue weighted by atomic mass is 10.0. The number of halogens is 1. The summed E-state index contributed by atoms with van der Waals surface area (Å²) in [5.41, 5.74) is 1.80. The molecule has 0 aliphatic carbocycles. The van der Waals surface area contributed by atoms with Crippen molar-refractivity contribution in [1.29, 1.82) is 0 Å². The fourth-order valence-corrected chi connectivity index (χ4v) is 3.07. The van der Waals surface area contributed by atoms with Gasteiger partial charge in [0.25, 0.3) is 0 Å².